The molecule has 0 bridgehead atoms. The average molecular weight is 389 g/mol. The van der Waals surface area contributed by atoms with Crippen molar-refractivity contribution in [3.63, 3.8) is 0 Å². The minimum absolute atomic E-state index is 0.0103. The second kappa shape index (κ2) is 6.52. The van der Waals surface area contributed by atoms with Crippen molar-refractivity contribution in [2.24, 2.45) is 0 Å². The molecule has 3 rings (SSSR count). The number of aromatic hydroxyl groups is 1. The highest BCUT2D eigenvalue weighted by Gasteiger charge is 2.16. The second-order valence-electron chi connectivity index (χ2n) is 4.93. The highest BCUT2D eigenvalue weighted by atomic mass is 79.9. The fourth-order valence-electron chi connectivity index (χ4n) is 2.14. The standard InChI is InChI=1S/C17H13BrN2O2S/c1-10-6-5-9-12(14(10)21)16(22)20-17-19-13(15(18)23-17)11-7-3-2-4-8-11/h2-9,21H,1H3,(H,19,20,22). The van der Waals surface area contributed by atoms with E-state index >= 15 is 0 Å². The van der Waals surface area contributed by atoms with Crippen LogP contribution in [0, 0.1) is 6.92 Å². The third-order valence-corrected chi connectivity index (χ3v) is 4.96. The van der Waals surface area contributed by atoms with Gasteiger partial charge in [0.25, 0.3) is 5.91 Å². The van der Waals surface area contributed by atoms with Crippen molar-refractivity contribution in [3.8, 4) is 17.0 Å². The van der Waals surface area contributed by atoms with E-state index in [1.165, 1.54) is 11.3 Å². The molecule has 0 saturated heterocycles. The Morgan fingerprint density at radius 1 is 1.17 bits per heavy atom. The van der Waals surface area contributed by atoms with Gasteiger partial charge < -0.3 is 5.11 Å². The average Bonchev–Trinajstić information content (AvgIpc) is 2.91. The molecule has 0 radical (unpaired) electrons. The van der Waals surface area contributed by atoms with Gasteiger partial charge in [-0.3, -0.25) is 10.1 Å². The summed E-state index contributed by atoms with van der Waals surface area (Å²) >= 11 is 4.82. The van der Waals surface area contributed by atoms with Gasteiger partial charge in [0.1, 0.15) is 5.75 Å². The van der Waals surface area contributed by atoms with Crippen LogP contribution in [0.25, 0.3) is 11.3 Å². The van der Waals surface area contributed by atoms with Gasteiger partial charge in [0.2, 0.25) is 0 Å². The molecule has 0 aliphatic heterocycles. The van der Waals surface area contributed by atoms with Crippen LogP contribution in [0.4, 0.5) is 5.13 Å². The number of halogens is 1. The Labute approximate surface area is 146 Å². The number of carbonyl (C=O) groups excluding carboxylic acids is 1. The van der Waals surface area contributed by atoms with Gasteiger partial charge in [0, 0.05) is 5.56 Å². The Morgan fingerprint density at radius 3 is 2.65 bits per heavy atom. The normalized spacial score (nSPS) is 10.5. The molecule has 1 aromatic heterocycles. The lowest BCUT2D eigenvalue weighted by molar-refractivity contribution is 0.102. The summed E-state index contributed by atoms with van der Waals surface area (Å²) in [6.07, 6.45) is 0. The van der Waals surface area contributed by atoms with E-state index in [0.29, 0.717) is 10.7 Å². The number of hydrogen-bond donors (Lipinski definition) is 2. The predicted octanol–water partition coefficient (Wildman–Crippen LogP) is 4.84. The molecule has 2 N–H and O–H groups in total. The lowest BCUT2D eigenvalue weighted by atomic mass is 10.1. The number of hydrogen-bond acceptors (Lipinski definition) is 4. The van der Waals surface area contributed by atoms with Crippen LogP contribution in [0.2, 0.25) is 0 Å². The van der Waals surface area contributed by atoms with E-state index in [4.69, 9.17) is 0 Å². The summed E-state index contributed by atoms with van der Waals surface area (Å²) in [6, 6.07) is 14.8. The summed E-state index contributed by atoms with van der Waals surface area (Å²) in [4.78, 5) is 16.8. The number of anilines is 1. The minimum atomic E-state index is -0.382. The number of nitrogens with zero attached hydrogens (tertiary/aromatic N) is 1. The predicted molar refractivity (Wildman–Crippen MR) is 96.0 cm³/mol. The van der Waals surface area contributed by atoms with Crippen molar-refractivity contribution in [2.45, 2.75) is 6.92 Å². The van der Waals surface area contributed by atoms with Crippen LogP contribution in [0.5, 0.6) is 5.75 Å². The van der Waals surface area contributed by atoms with E-state index < -0.39 is 0 Å². The number of carbonyl (C=O) groups is 1. The van der Waals surface area contributed by atoms with Crippen molar-refractivity contribution in [3.05, 3.63) is 63.4 Å². The van der Waals surface area contributed by atoms with E-state index in [-0.39, 0.29) is 17.2 Å². The molecule has 1 heterocycles. The fraction of sp³-hybridized carbons (Fsp3) is 0.0588. The lowest BCUT2D eigenvalue weighted by Crippen LogP contribution is -2.12. The summed E-state index contributed by atoms with van der Waals surface area (Å²) in [7, 11) is 0. The smallest absolute Gasteiger partial charge is 0.261 e. The lowest BCUT2D eigenvalue weighted by Gasteiger charge is -2.06. The van der Waals surface area contributed by atoms with E-state index in [1.807, 2.05) is 30.3 Å². The first kappa shape index (κ1) is 15.7. The molecule has 0 saturated carbocycles. The molecular weight excluding hydrogens is 376 g/mol. The molecule has 4 nitrogen and oxygen atoms in total. The van der Waals surface area contributed by atoms with Crippen molar-refractivity contribution in [1.29, 1.82) is 0 Å². The molecule has 6 heteroatoms. The minimum Gasteiger partial charge on any atom is -0.507 e. The molecule has 116 valence electrons. The van der Waals surface area contributed by atoms with E-state index in [9.17, 15) is 9.90 Å². The van der Waals surface area contributed by atoms with Crippen molar-refractivity contribution < 1.29 is 9.90 Å². The van der Waals surface area contributed by atoms with Crippen LogP contribution in [0.3, 0.4) is 0 Å². The number of phenols is 1. The second-order valence-corrected chi connectivity index (χ2v) is 7.25. The number of amides is 1. The summed E-state index contributed by atoms with van der Waals surface area (Å²) in [6.45, 7) is 1.75. The van der Waals surface area contributed by atoms with E-state index in [1.54, 1.807) is 25.1 Å². The number of aromatic nitrogens is 1. The van der Waals surface area contributed by atoms with Crippen molar-refractivity contribution in [1.82, 2.24) is 4.98 Å². The zero-order valence-electron chi connectivity index (χ0n) is 12.2. The Hall–Kier alpha value is -2.18. The number of nitrogens with one attached hydrogen (secondary N) is 1. The summed E-state index contributed by atoms with van der Waals surface area (Å²) < 4.78 is 0.840. The third kappa shape index (κ3) is 3.28. The van der Waals surface area contributed by atoms with Gasteiger partial charge in [-0.1, -0.05) is 53.8 Å². The molecule has 1 amide bonds. The van der Waals surface area contributed by atoms with Crippen molar-refractivity contribution in [2.75, 3.05) is 5.32 Å². The van der Waals surface area contributed by atoms with Crippen LogP contribution < -0.4 is 5.32 Å². The molecule has 3 aromatic rings. The fourth-order valence-corrected chi connectivity index (χ4v) is 3.62. The number of benzene rings is 2. The van der Waals surface area contributed by atoms with Crippen LogP contribution in [0.1, 0.15) is 15.9 Å². The Morgan fingerprint density at radius 2 is 1.91 bits per heavy atom. The summed E-state index contributed by atoms with van der Waals surface area (Å²) in [5.41, 5.74) is 2.63. The van der Waals surface area contributed by atoms with Crippen LogP contribution >= 0.6 is 27.3 Å². The van der Waals surface area contributed by atoms with Crippen LogP contribution in [0.15, 0.2) is 52.3 Å². The number of para-hydroxylation sites is 1. The molecular formula is C17H13BrN2O2S. The van der Waals surface area contributed by atoms with Gasteiger partial charge in [0.05, 0.1) is 15.0 Å². The monoisotopic (exact) mass is 388 g/mol. The van der Waals surface area contributed by atoms with Gasteiger partial charge >= 0.3 is 0 Å². The molecule has 0 aliphatic carbocycles. The Balaban J connectivity index is 1.87. The largest absolute Gasteiger partial charge is 0.507 e. The zero-order chi connectivity index (χ0) is 16.4. The first-order valence-corrected chi connectivity index (χ1v) is 8.49. The highest BCUT2D eigenvalue weighted by Crippen LogP contribution is 2.35. The van der Waals surface area contributed by atoms with Gasteiger partial charge in [-0.15, -0.1) is 0 Å². The van der Waals surface area contributed by atoms with Crippen LogP contribution in [-0.2, 0) is 0 Å². The van der Waals surface area contributed by atoms with Gasteiger partial charge in [-0.05, 0) is 34.5 Å². The van der Waals surface area contributed by atoms with Crippen molar-refractivity contribution >= 4 is 38.3 Å². The number of thiazole rings is 1. The topological polar surface area (TPSA) is 62.2 Å². The van der Waals surface area contributed by atoms with Crippen LogP contribution in [-0.4, -0.2) is 16.0 Å². The molecule has 0 atom stereocenters. The number of aryl methyl sites for hydroxylation is 1. The van der Waals surface area contributed by atoms with Gasteiger partial charge in [0.15, 0.2) is 5.13 Å². The Kier molecular flexibility index (Phi) is 4.45. The number of phenolic OH excluding ortho intramolecular Hbond substituents is 1. The maximum absolute atomic E-state index is 12.3. The molecule has 0 aliphatic rings. The first-order valence-electron chi connectivity index (χ1n) is 6.88. The van der Waals surface area contributed by atoms with Gasteiger partial charge in [-0.2, -0.15) is 0 Å². The zero-order valence-corrected chi connectivity index (χ0v) is 14.6. The maximum atomic E-state index is 12.3. The molecule has 0 fully saturated rings. The first-order chi connectivity index (χ1) is 11.1. The molecule has 2 aromatic carbocycles. The highest BCUT2D eigenvalue weighted by molar-refractivity contribution is 9.11. The van der Waals surface area contributed by atoms with E-state index in [0.717, 1.165) is 15.0 Å². The van der Waals surface area contributed by atoms with E-state index in [2.05, 4.69) is 26.2 Å². The summed E-state index contributed by atoms with van der Waals surface area (Å²) in [5, 5.41) is 13.2. The van der Waals surface area contributed by atoms with Gasteiger partial charge in [-0.25, -0.2) is 4.98 Å². The Bertz CT molecular complexity index is 862. The SMILES string of the molecule is Cc1cccc(C(=O)Nc2nc(-c3ccccc3)c(Br)s2)c1O. The third-order valence-electron chi connectivity index (χ3n) is 3.34. The number of rotatable bonds is 3. The molecule has 23 heavy (non-hydrogen) atoms. The quantitative estimate of drug-likeness (QED) is 0.674. The summed E-state index contributed by atoms with van der Waals surface area (Å²) in [5.74, 6) is -0.393. The maximum Gasteiger partial charge on any atom is 0.261 e. The molecule has 0 unspecified atom stereocenters. The molecule has 0 spiro atoms.